The number of ether oxygens (including phenoxy) is 1. The Hall–Kier alpha value is -2.38. The third-order valence-electron chi connectivity index (χ3n) is 9.06. The number of nitrogens with zero attached hydrogens (tertiary/aromatic N) is 6. The molecule has 234 valence electrons. The first-order valence-corrected chi connectivity index (χ1v) is 20.5. The first-order valence-electron chi connectivity index (χ1n) is 14.7. The molecule has 0 saturated carbocycles. The maximum atomic E-state index is 12.5. The van der Waals surface area contributed by atoms with Crippen LogP contribution in [0.15, 0.2) is 6.33 Å². The van der Waals surface area contributed by atoms with Crippen molar-refractivity contribution in [3.05, 3.63) is 6.33 Å². The smallest absolute Gasteiger partial charge is 0.233 e. The van der Waals surface area contributed by atoms with Crippen molar-refractivity contribution >= 4 is 45.5 Å². The highest BCUT2D eigenvalue weighted by atomic mass is 28.4. The number of carbonyl (C=O) groups excluding carboxylic acids is 1. The monoisotopic (exact) mass is 617 g/mol. The fraction of sp³-hybridized carbons (Fsp3) is 0.759. The number of amides is 1. The Morgan fingerprint density at radius 3 is 2.26 bits per heavy atom. The van der Waals surface area contributed by atoms with E-state index in [4.69, 9.17) is 13.6 Å². The fourth-order valence-corrected chi connectivity index (χ4v) is 6.44. The van der Waals surface area contributed by atoms with Crippen molar-refractivity contribution in [2.75, 3.05) is 30.9 Å². The zero-order valence-electron chi connectivity index (χ0n) is 28.0. The number of carbonyl (C=O) groups is 1. The second-order valence-electron chi connectivity index (χ2n) is 15.0. The molecule has 0 spiro atoms. The van der Waals surface area contributed by atoms with E-state index in [1.54, 1.807) is 6.33 Å². The number of hydrogen-bond donors (Lipinski definition) is 1. The summed E-state index contributed by atoms with van der Waals surface area (Å²) in [6.45, 7) is 25.5. The van der Waals surface area contributed by atoms with E-state index in [1.807, 2.05) is 37.4 Å². The summed E-state index contributed by atoms with van der Waals surface area (Å²) in [7, 11) is -0.775. The van der Waals surface area contributed by atoms with Gasteiger partial charge in [-0.05, 0) is 36.3 Å². The maximum Gasteiger partial charge on any atom is 0.233 e. The first kappa shape index (κ1) is 34.1. The van der Waals surface area contributed by atoms with E-state index in [1.165, 1.54) is 0 Å². The van der Waals surface area contributed by atoms with Gasteiger partial charge in [0.2, 0.25) is 17.5 Å². The van der Waals surface area contributed by atoms with Gasteiger partial charge in [-0.15, -0.1) is 0 Å². The molecule has 1 saturated heterocycles. The molecule has 3 heterocycles. The van der Waals surface area contributed by atoms with Crippen molar-refractivity contribution < 1.29 is 18.4 Å². The Labute approximate surface area is 253 Å². The highest BCUT2D eigenvalue weighted by Crippen LogP contribution is 2.46. The van der Waals surface area contributed by atoms with Gasteiger partial charge in [0.05, 0.1) is 19.0 Å². The largest absolute Gasteiger partial charge is 0.413 e. The molecule has 3 rings (SSSR count). The molecule has 0 bridgehead atoms. The number of rotatable bonds is 9. The summed E-state index contributed by atoms with van der Waals surface area (Å²) >= 11 is 0. The van der Waals surface area contributed by atoms with Crippen molar-refractivity contribution in [3.8, 4) is 6.07 Å². The molecule has 42 heavy (non-hydrogen) atoms. The van der Waals surface area contributed by atoms with Gasteiger partial charge in [-0.3, -0.25) is 14.7 Å². The van der Waals surface area contributed by atoms with Crippen LogP contribution in [0.2, 0.25) is 36.3 Å². The average molecular weight is 618 g/mol. The number of nitrogens with one attached hydrogen (secondary N) is 1. The second kappa shape index (κ2) is 11.6. The van der Waals surface area contributed by atoms with Gasteiger partial charge >= 0.3 is 0 Å². The van der Waals surface area contributed by atoms with E-state index in [9.17, 15) is 10.1 Å². The number of nitriles is 1. The van der Waals surface area contributed by atoms with Crippen LogP contribution < -0.4 is 10.2 Å². The molecule has 11 nitrogen and oxygen atoms in total. The lowest BCUT2D eigenvalue weighted by atomic mass is 10.00. The average Bonchev–Trinajstić information content (AvgIpc) is 3.42. The number of aromatic nitrogens is 4. The Balaban J connectivity index is 2.11. The molecule has 1 fully saturated rings. The summed E-state index contributed by atoms with van der Waals surface area (Å²) in [5, 5.41) is 13.4. The molecule has 1 aliphatic heterocycles. The topological polar surface area (TPSA) is 127 Å². The zero-order chi connectivity index (χ0) is 32.1. The first-order chi connectivity index (χ1) is 19.0. The summed E-state index contributed by atoms with van der Waals surface area (Å²) in [6.07, 6.45) is 0.967. The van der Waals surface area contributed by atoms with Gasteiger partial charge in [0.1, 0.15) is 12.3 Å². The van der Waals surface area contributed by atoms with Gasteiger partial charge in [-0.25, -0.2) is 4.98 Å². The Morgan fingerprint density at radius 2 is 1.76 bits per heavy atom. The summed E-state index contributed by atoms with van der Waals surface area (Å²) in [4.78, 5) is 28.2. The van der Waals surface area contributed by atoms with E-state index in [0.29, 0.717) is 23.4 Å². The van der Waals surface area contributed by atoms with Gasteiger partial charge in [-0.2, -0.15) is 15.2 Å². The molecule has 13 heteroatoms. The van der Waals surface area contributed by atoms with Crippen molar-refractivity contribution in [1.29, 1.82) is 5.26 Å². The molecule has 0 unspecified atom stereocenters. The van der Waals surface area contributed by atoms with Gasteiger partial charge in [-0.1, -0.05) is 55.4 Å². The quantitative estimate of drug-likeness (QED) is 0.333. The number of fused-ring (bicyclic) bond motifs is 1. The summed E-state index contributed by atoms with van der Waals surface area (Å²) in [6, 6.07) is 2.49. The van der Waals surface area contributed by atoms with Gasteiger partial charge in [0.25, 0.3) is 0 Å². The molecule has 1 amide bonds. The van der Waals surface area contributed by atoms with Crippen molar-refractivity contribution in [1.82, 2.24) is 19.5 Å². The minimum Gasteiger partial charge on any atom is -0.413 e. The third-order valence-corrected chi connectivity index (χ3v) is 18.0. The lowest BCUT2D eigenvalue weighted by Crippen LogP contribution is -2.54. The number of hydrogen-bond acceptors (Lipinski definition) is 9. The molecule has 3 atom stereocenters. The molecule has 2 aromatic rings. The van der Waals surface area contributed by atoms with Crippen molar-refractivity contribution in [2.24, 2.45) is 5.92 Å². The highest BCUT2D eigenvalue weighted by molar-refractivity contribution is 6.74. The molecular formula is C29H51N7O4Si2. The Kier molecular flexibility index (Phi) is 9.43. The van der Waals surface area contributed by atoms with E-state index < -0.39 is 34.6 Å². The lowest BCUT2D eigenvalue weighted by molar-refractivity contribution is -0.118. The van der Waals surface area contributed by atoms with Gasteiger partial charge in [0.15, 0.2) is 33.6 Å². The predicted molar refractivity (Wildman–Crippen MR) is 171 cm³/mol. The standard InChI is InChI=1S/C29H51N7O4Si2/c1-19(2)25(37)34-26-32-23(35(9)10)22-24(33-26)36(18-31-22)21-15-20(40-42(13,14)28(6,7)8)29(16-30,39-21)17-38-41(11,12)27(3,4)5/h18-21H,15,17H2,1-14H3,(H,32,33,34,37)/t20-,21+,29+/m0/s1. The van der Waals surface area contributed by atoms with Crippen LogP contribution in [-0.2, 0) is 18.4 Å². The van der Waals surface area contributed by atoms with Crippen molar-refractivity contribution in [3.63, 3.8) is 0 Å². The van der Waals surface area contributed by atoms with Crippen molar-refractivity contribution in [2.45, 2.75) is 116 Å². The Bertz CT molecular complexity index is 1340. The van der Waals surface area contributed by atoms with Crippen LogP contribution in [0.1, 0.15) is 68.0 Å². The summed E-state index contributed by atoms with van der Waals surface area (Å²) < 4.78 is 22.0. The summed E-state index contributed by atoms with van der Waals surface area (Å²) in [5.74, 6) is 0.334. The van der Waals surface area contributed by atoms with E-state index in [2.05, 4.69) is 94.1 Å². The van der Waals surface area contributed by atoms with E-state index in [0.717, 1.165) is 0 Å². The molecular weight excluding hydrogens is 567 g/mol. The number of imidazole rings is 1. The molecule has 0 radical (unpaired) electrons. The number of anilines is 2. The molecule has 0 aromatic carbocycles. The van der Waals surface area contributed by atoms with Crippen LogP contribution in [-0.4, -0.2) is 74.5 Å². The van der Waals surface area contributed by atoms with Crippen LogP contribution >= 0.6 is 0 Å². The fourth-order valence-electron chi connectivity index (χ4n) is 4.08. The highest BCUT2D eigenvalue weighted by Gasteiger charge is 2.56. The van der Waals surface area contributed by atoms with E-state index >= 15 is 0 Å². The van der Waals surface area contributed by atoms with Crippen LogP contribution in [0.4, 0.5) is 11.8 Å². The van der Waals surface area contributed by atoms with Crippen LogP contribution in [0.25, 0.3) is 11.2 Å². The van der Waals surface area contributed by atoms with E-state index in [-0.39, 0.29) is 34.5 Å². The SMILES string of the molecule is CC(C)C(=O)Nc1nc(N(C)C)c2ncn([C@H]3C[C@H](O[Si](C)(C)C(C)(C)C)[C@@](C#N)(CO[Si](C)(C)C(C)(C)C)O3)c2n1. The van der Waals surface area contributed by atoms with Gasteiger partial charge in [0, 0.05) is 26.4 Å². The predicted octanol–water partition coefficient (Wildman–Crippen LogP) is 6.08. The normalized spacial score (nSPS) is 22.0. The maximum absolute atomic E-state index is 12.5. The zero-order valence-corrected chi connectivity index (χ0v) is 30.0. The molecule has 0 aliphatic carbocycles. The molecule has 2 aromatic heterocycles. The minimum atomic E-state index is -2.30. The minimum absolute atomic E-state index is 0.0334. The molecule has 1 N–H and O–H groups in total. The van der Waals surface area contributed by atoms with Gasteiger partial charge < -0.3 is 18.5 Å². The van der Waals surface area contributed by atoms with Crippen LogP contribution in [0.5, 0.6) is 0 Å². The van der Waals surface area contributed by atoms with Crippen LogP contribution in [0, 0.1) is 17.2 Å². The second-order valence-corrected chi connectivity index (χ2v) is 24.5. The molecule has 1 aliphatic rings. The Morgan fingerprint density at radius 1 is 1.17 bits per heavy atom. The van der Waals surface area contributed by atoms with Crippen LogP contribution in [0.3, 0.4) is 0 Å². The third kappa shape index (κ3) is 6.73. The summed E-state index contributed by atoms with van der Waals surface area (Å²) in [5.41, 5.74) is -0.249. The lowest BCUT2D eigenvalue weighted by Gasteiger charge is -2.42.